The summed E-state index contributed by atoms with van der Waals surface area (Å²) in [6.07, 6.45) is 1.76. The first kappa shape index (κ1) is 15.0. The van der Waals surface area contributed by atoms with E-state index in [1.165, 1.54) is 6.07 Å². The first-order valence-corrected chi connectivity index (χ1v) is 7.35. The average molecular weight is 338 g/mol. The normalized spacial score (nSPS) is 12.2. The second-order valence-corrected chi connectivity index (χ2v) is 5.55. The minimum Gasteiger partial charge on any atom is -0.457 e. The topological polar surface area (TPSA) is 35.2 Å². The fourth-order valence-corrected chi connectivity index (χ4v) is 2.22. The molecule has 0 heterocycles. The van der Waals surface area contributed by atoms with Crippen molar-refractivity contribution >= 4 is 15.9 Å². The number of rotatable bonds is 5. The molecule has 0 aromatic heterocycles. The molecule has 0 amide bonds. The van der Waals surface area contributed by atoms with Crippen molar-refractivity contribution in [1.29, 1.82) is 0 Å². The second-order valence-electron chi connectivity index (χ2n) is 4.70. The summed E-state index contributed by atoms with van der Waals surface area (Å²) < 4.78 is 19.3. The Kier molecular flexibility index (Phi) is 5.15. The van der Waals surface area contributed by atoms with E-state index in [9.17, 15) is 4.39 Å². The highest BCUT2D eigenvalue weighted by Gasteiger charge is 2.05. The molecule has 0 bridgehead atoms. The van der Waals surface area contributed by atoms with Gasteiger partial charge >= 0.3 is 0 Å². The van der Waals surface area contributed by atoms with E-state index >= 15 is 0 Å². The zero-order valence-electron chi connectivity index (χ0n) is 11.3. The van der Waals surface area contributed by atoms with Gasteiger partial charge in [-0.2, -0.15) is 0 Å². The molecule has 2 rings (SSSR count). The molecule has 2 aromatic rings. The van der Waals surface area contributed by atoms with Crippen LogP contribution in [0.15, 0.2) is 46.9 Å². The van der Waals surface area contributed by atoms with Gasteiger partial charge in [0.2, 0.25) is 0 Å². The molecular formula is C16H17BrFNO. The summed E-state index contributed by atoms with van der Waals surface area (Å²) in [7, 11) is 0. The lowest BCUT2D eigenvalue weighted by molar-refractivity contribution is 0.478. The Hall–Kier alpha value is -1.39. The van der Waals surface area contributed by atoms with Crippen LogP contribution in [-0.2, 0) is 6.42 Å². The van der Waals surface area contributed by atoms with Gasteiger partial charge in [-0.15, -0.1) is 0 Å². The van der Waals surface area contributed by atoms with Crippen molar-refractivity contribution in [3.05, 3.63) is 58.3 Å². The van der Waals surface area contributed by atoms with Crippen LogP contribution in [0.25, 0.3) is 0 Å². The Balaban J connectivity index is 2.12. The number of hydrogen-bond donors (Lipinski definition) is 1. The Morgan fingerprint density at radius 1 is 1.20 bits per heavy atom. The van der Waals surface area contributed by atoms with Crippen LogP contribution in [-0.4, -0.2) is 6.04 Å². The van der Waals surface area contributed by atoms with Crippen LogP contribution in [0, 0.1) is 5.82 Å². The number of ether oxygens (including phenoxy) is 1. The molecule has 20 heavy (non-hydrogen) atoms. The van der Waals surface area contributed by atoms with Crippen LogP contribution < -0.4 is 10.5 Å². The van der Waals surface area contributed by atoms with Crippen molar-refractivity contribution in [1.82, 2.24) is 0 Å². The molecule has 0 aliphatic carbocycles. The van der Waals surface area contributed by atoms with Crippen molar-refractivity contribution < 1.29 is 9.13 Å². The molecule has 1 atom stereocenters. The number of nitrogens with two attached hydrogens (primary N) is 1. The Morgan fingerprint density at radius 3 is 2.65 bits per heavy atom. The SMILES string of the molecule is CCC(N)Cc1cccc(Oc2ccc(F)c(Br)c2)c1. The molecule has 4 heteroatoms. The van der Waals surface area contributed by atoms with Crippen molar-refractivity contribution in [3.63, 3.8) is 0 Å². The Morgan fingerprint density at radius 2 is 1.95 bits per heavy atom. The van der Waals surface area contributed by atoms with Crippen LogP contribution in [0.4, 0.5) is 4.39 Å². The molecule has 106 valence electrons. The first-order valence-electron chi connectivity index (χ1n) is 6.56. The zero-order valence-corrected chi connectivity index (χ0v) is 12.9. The summed E-state index contributed by atoms with van der Waals surface area (Å²) in [5.41, 5.74) is 7.09. The van der Waals surface area contributed by atoms with E-state index in [2.05, 4.69) is 22.9 Å². The van der Waals surface area contributed by atoms with Gasteiger partial charge in [0.15, 0.2) is 0 Å². The molecular weight excluding hydrogens is 321 g/mol. The van der Waals surface area contributed by atoms with Crippen molar-refractivity contribution in [2.24, 2.45) is 5.73 Å². The lowest BCUT2D eigenvalue weighted by atomic mass is 10.0. The highest BCUT2D eigenvalue weighted by atomic mass is 79.9. The van der Waals surface area contributed by atoms with Crippen molar-refractivity contribution in [2.75, 3.05) is 0 Å². The first-order chi connectivity index (χ1) is 9.58. The third-order valence-electron chi connectivity index (χ3n) is 3.05. The van der Waals surface area contributed by atoms with Crippen LogP contribution in [0.1, 0.15) is 18.9 Å². The van der Waals surface area contributed by atoms with E-state index in [4.69, 9.17) is 10.5 Å². The molecule has 1 unspecified atom stereocenters. The number of halogens is 2. The molecule has 2 aromatic carbocycles. The lowest BCUT2D eigenvalue weighted by Gasteiger charge is -2.11. The third-order valence-corrected chi connectivity index (χ3v) is 3.66. The zero-order chi connectivity index (χ0) is 14.5. The van der Waals surface area contributed by atoms with Gasteiger partial charge in [0.1, 0.15) is 17.3 Å². The van der Waals surface area contributed by atoms with Crippen molar-refractivity contribution in [2.45, 2.75) is 25.8 Å². The predicted octanol–water partition coefficient (Wildman–Crippen LogP) is 4.66. The van der Waals surface area contributed by atoms with E-state index < -0.39 is 0 Å². The minimum absolute atomic E-state index is 0.158. The van der Waals surface area contributed by atoms with E-state index in [-0.39, 0.29) is 11.9 Å². The van der Waals surface area contributed by atoms with E-state index in [0.29, 0.717) is 10.2 Å². The fraction of sp³-hybridized carbons (Fsp3) is 0.250. The maximum atomic E-state index is 13.2. The smallest absolute Gasteiger partial charge is 0.137 e. The quantitative estimate of drug-likeness (QED) is 0.861. The Labute approximate surface area is 126 Å². The lowest BCUT2D eigenvalue weighted by Crippen LogP contribution is -2.21. The van der Waals surface area contributed by atoms with Crippen LogP contribution in [0.2, 0.25) is 0 Å². The van der Waals surface area contributed by atoms with Gasteiger partial charge in [-0.25, -0.2) is 4.39 Å². The number of hydrogen-bond acceptors (Lipinski definition) is 2. The van der Waals surface area contributed by atoms with Gasteiger partial charge in [-0.05, 0) is 64.7 Å². The molecule has 0 saturated carbocycles. The van der Waals surface area contributed by atoms with Gasteiger partial charge in [0.25, 0.3) is 0 Å². The van der Waals surface area contributed by atoms with E-state index in [1.807, 2.05) is 24.3 Å². The van der Waals surface area contributed by atoms with Gasteiger partial charge in [0.05, 0.1) is 4.47 Å². The van der Waals surface area contributed by atoms with Gasteiger partial charge in [-0.1, -0.05) is 19.1 Å². The van der Waals surface area contributed by atoms with E-state index in [1.54, 1.807) is 12.1 Å². The predicted molar refractivity (Wildman–Crippen MR) is 82.6 cm³/mol. The van der Waals surface area contributed by atoms with E-state index in [0.717, 1.165) is 24.2 Å². The van der Waals surface area contributed by atoms with Crippen LogP contribution >= 0.6 is 15.9 Å². The average Bonchev–Trinajstić information content (AvgIpc) is 2.43. The standard InChI is InChI=1S/C16H17BrFNO/c1-2-12(19)8-11-4-3-5-13(9-11)20-14-6-7-16(18)15(17)10-14/h3-7,9-10,12H,2,8,19H2,1H3. The molecule has 2 N–H and O–H groups in total. The molecule has 0 fully saturated rings. The van der Waals surface area contributed by atoms with Crippen molar-refractivity contribution in [3.8, 4) is 11.5 Å². The maximum Gasteiger partial charge on any atom is 0.137 e. The molecule has 0 aliphatic rings. The molecule has 0 saturated heterocycles. The fourth-order valence-electron chi connectivity index (χ4n) is 1.86. The molecule has 0 aliphatic heterocycles. The molecule has 0 spiro atoms. The summed E-state index contributed by atoms with van der Waals surface area (Å²) in [5, 5.41) is 0. The monoisotopic (exact) mass is 337 g/mol. The van der Waals surface area contributed by atoms with Crippen LogP contribution in [0.5, 0.6) is 11.5 Å². The highest BCUT2D eigenvalue weighted by molar-refractivity contribution is 9.10. The highest BCUT2D eigenvalue weighted by Crippen LogP contribution is 2.27. The van der Waals surface area contributed by atoms with Crippen LogP contribution in [0.3, 0.4) is 0 Å². The van der Waals surface area contributed by atoms with Gasteiger partial charge < -0.3 is 10.5 Å². The summed E-state index contributed by atoms with van der Waals surface area (Å²) in [6.45, 7) is 2.07. The number of benzene rings is 2. The summed E-state index contributed by atoms with van der Waals surface area (Å²) in [6, 6.07) is 12.5. The second kappa shape index (κ2) is 6.86. The maximum absolute atomic E-state index is 13.2. The summed E-state index contributed by atoms with van der Waals surface area (Å²) in [5.74, 6) is 1.01. The Bertz CT molecular complexity index is 588. The summed E-state index contributed by atoms with van der Waals surface area (Å²) in [4.78, 5) is 0. The molecule has 0 radical (unpaired) electrons. The van der Waals surface area contributed by atoms with Gasteiger partial charge in [-0.3, -0.25) is 0 Å². The third kappa shape index (κ3) is 4.05. The minimum atomic E-state index is -0.306. The molecule has 2 nitrogen and oxygen atoms in total. The van der Waals surface area contributed by atoms with Gasteiger partial charge in [0, 0.05) is 6.04 Å². The summed E-state index contributed by atoms with van der Waals surface area (Å²) >= 11 is 3.14. The largest absolute Gasteiger partial charge is 0.457 e.